The van der Waals surface area contributed by atoms with Crippen LogP contribution in [0, 0.1) is 3.57 Å². The standard InChI is InChI=1S/C12H12ClIN2O/c1-2-16-11(10(13)7-15-16)12(17)8-3-5-9(14)6-4-8/h3-7,12,17H,2H2,1H3. The first-order chi connectivity index (χ1) is 8.13. The third-order valence-corrected chi connectivity index (χ3v) is 3.59. The topological polar surface area (TPSA) is 38.0 Å². The van der Waals surface area contributed by atoms with Crippen molar-refractivity contribution in [3.63, 3.8) is 0 Å². The van der Waals surface area contributed by atoms with E-state index in [1.54, 1.807) is 10.9 Å². The predicted molar refractivity (Wildman–Crippen MR) is 76.1 cm³/mol. The SMILES string of the molecule is CCn1ncc(Cl)c1C(O)c1ccc(I)cc1. The number of hydrogen-bond acceptors (Lipinski definition) is 2. The van der Waals surface area contributed by atoms with Gasteiger partial charge >= 0.3 is 0 Å². The van der Waals surface area contributed by atoms with E-state index in [0.29, 0.717) is 17.3 Å². The highest BCUT2D eigenvalue weighted by atomic mass is 127. The molecule has 1 N–H and O–H groups in total. The normalized spacial score (nSPS) is 12.7. The van der Waals surface area contributed by atoms with Gasteiger partial charge in [0.05, 0.1) is 16.9 Å². The molecule has 5 heteroatoms. The Bertz CT molecular complexity index is 510. The second-order valence-corrected chi connectivity index (χ2v) is 5.30. The van der Waals surface area contributed by atoms with Crippen molar-refractivity contribution in [2.45, 2.75) is 19.6 Å². The molecule has 0 aliphatic rings. The first-order valence-electron chi connectivity index (χ1n) is 5.28. The minimum atomic E-state index is -0.734. The van der Waals surface area contributed by atoms with Crippen LogP contribution in [0.5, 0.6) is 0 Å². The predicted octanol–water partition coefficient (Wildman–Crippen LogP) is 3.24. The number of hydrogen-bond donors (Lipinski definition) is 1. The number of halogens is 2. The van der Waals surface area contributed by atoms with Crippen molar-refractivity contribution in [2.75, 3.05) is 0 Å². The van der Waals surface area contributed by atoms with Crippen molar-refractivity contribution in [3.8, 4) is 0 Å². The number of aryl methyl sites for hydroxylation is 1. The van der Waals surface area contributed by atoms with Crippen molar-refractivity contribution in [2.24, 2.45) is 0 Å². The lowest BCUT2D eigenvalue weighted by molar-refractivity contribution is 0.208. The monoisotopic (exact) mass is 362 g/mol. The van der Waals surface area contributed by atoms with Crippen LogP contribution in [0.4, 0.5) is 0 Å². The van der Waals surface area contributed by atoms with Gasteiger partial charge in [-0.3, -0.25) is 4.68 Å². The number of aliphatic hydroxyl groups is 1. The number of rotatable bonds is 3. The molecule has 3 nitrogen and oxygen atoms in total. The van der Waals surface area contributed by atoms with Crippen molar-refractivity contribution in [1.82, 2.24) is 9.78 Å². The summed E-state index contributed by atoms with van der Waals surface area (Å²) in [5.74, 6) is 0. The molecule has 0 saturated heterocycles. The molecule has 0 spiro atoms. The molecule has 90 valence electrons. The third kappa shape index (κ3) is 2.64. The molecule has 0 aliphatic carbocycles. The first kappa shape index (κ1) is 12.9. The van der Waals surface area contributed by atoms with Crippen LogP contribution in [0.2, 0.25) is 5.02 Å². The van der Waals surface area contributed by atoms with E-state index in [2.05, 4.69) is 27.7 Å². The molecule has 0 fully saturated rings. The maximum absolute atomic E-state index is 10.3. The van der Waals surface area contributed by atoms with E-state index in [0.717, 1.165) is 9.13 Å². The quantitative estimate of drug-likeness (QED) is 0.851. The van der Waals surface area contributed by atoms with Gasteiger partial charge in [0.25, 0.3) is 0 Å². The van der Waals surface area contributed by atoms with Gasteiger partial charge in [-0.2, -0.15) is 5.10 Å². The Labute approximate surface area is 119 Å². The van der Waals surface area contributed by atoms with Gasteiger partial charge in [-0.05, 0) is 47.2 Å². The van der Waals surface area contributed by atoms with E-state index in [9.17, 15) is 5.11 Å². The first-order valence-corrected chi connectivity index (χ1v) is 6.74. The van der Waals surface area contributed by atoms with Crippen LogP contribution in [-0.2, 0) is 6.54 Å². The van der Waals surface area contributed by atoms with E-state index in [4.69, 9.17) is 11.6 Å². The Hall–Kier alpha value is -0.590. The molecule has 1 unspecified atom stereocenters. The summed E-state index contributed by atoms with van der Waals surface area (Å²) in [4.78, 5) is 0. The minimum absolute atomic E-state index is 0.498. The Morgan fingerprint density at radius 2 is 2.06 bits per heavy atom. The fourth-order valence-corrected chi connectivity index (χ4v) is 2.30. The van der Waals surface area contributed by atoms with Gasteiger partial charge in [-0.15, -0.1) is 0 Å². The largest absolute Gasteiger partial charge is 0.382 e. The van der Waals surface area contributed by atoms with E-state index in [1.165, 1.54) is 0 Å². The highest BCUT2D eigenvalue weighted by Crippen LogP contribution is 2.28. The van der Waals surface area contributed by atoms with Gasteiger partial charge in [0.2, 0.25) is 0 Å². The highest BCUT2D eigenvalue weighted by Gasteiger charge is 2.19. The van der Waals surface area contributed by atoms with Crippen LogP contribution in [0.15, 0.2) is 30.5 Å². The van der Waals surface area contributed by atoms with Crippen molar-refractivity contribution >= 4 is 34.2 Å². The Balaban J connectivity index is 2.39. The van der Waals surface area contributed by atoms with Crippen LogP contribution < -0.4 is 0 Å². The van der Waals surface area contributed by atoms with Gasteiger partial charge in [-0.25, -0.2) is 0 Å². The van der Waals surface area contributed by atoms with Gasteiger partial charge < -0.3 is 5.11 Å². The van der Waals surface area contributed by atoms with Gasteiger partial charge in [0, 0.05) is 10.1 Å². The molecule has 0 aliphatic heterocycles. The van der Waals surface area contributed by atoms with E-state index >= 15 is 0 Å². The van der Waals surface area contributed by atoms with E-state index in [1.807, 2.05) is 31.2 Å². The second-order valence-electron chi connectivity index (χ2n) is 3.65. The summed E-state index contributed by atoms with van der Waals surface area (Å²) in [6.45, 7) is 2.65. The molecule has 1 atom stereocenters. The maximum atomic E-state index is 10.3. The lowest BCUT2D eigenvalue weighted by Crippen LogP contribution is -2.09. The van der Waals surface area contributed by atoms with Gasteiger partial charge in [0.15, 0.2) is 0 Å². The summed E-state index contributed by atoms with van der Waals surface area (Å²) in [6, 6.07) is 7.71. The Morgan fingerprint density at radius 3 is 2.65 bits per heavy atom. The molecule has 17 heavy (non-hydrogen) atoms. The lowest BCUT2D eigenvalue weighted by Gasteiger charge is -2.13. The van der Waals surface area contributed by atoms with Crippen molar-refractivity contribution in [1.29, 1.82) is 0 Å². The van der Waals surface area contributed by atoms with Crippen LogP contribution in [0.3, 0.4) is 0 Å². The maximum Gasteiger partial charge on any atom is 0.122 e. The van der Waals surface area contributed by atoms with E-state index < -0.39 is 6.10 Å². The number of benzene rings is 1. The van der Waals surface area contributed by atoms with Crippen LogP contribution in [0.1, 0.15) is 24.3 Å². The molecular formula is C12H12ClIN2O. The second kappa shape index (κ2) is 5.37. The summed E-state index contributed by atoms with van der Waals surface area (Å²) in [5.41, 5.74) is 1.47. The zero-order valence-electron chi connectivity index (χ0n) is 9.27. The van der Waals surface area contributed by atoms with E-state index in [-0.39, 0.29) is 0 Å². The Kier molecular flexibility index (Phi) is 4.06. The molecule has 2 aromatic rings. The van der Waals surface area contributed by atoms with Gasteiger partial charge in [-0.1, -0.05) is 23.7 Å². The Morgan fingerprint density at radius 1 is 1.41 bits per heavy atom. The summed E-state index contributed by atoms with van der Waals surface area (Å²) in [7, 11) is 0. The molecule has 2 rings (SSSR count). The fraction of sp³-hybridized carbons (Fsp3) is 0.250. The zero-order valence-corrected chi connectivity index (χ0v) is 12.2. The molecule has 0 bridgehead atoms. The number of aliphatic hydroxyl groups excluding tert-OH is 1. The van der Waals surface area contributed by atoms with Crippen LogP contribution in [-0.4, -0.2) is 14.9 Å². The molecule has 0 amide bonds. The summed E-state index contributed by atoms with van der Waals surface area (Å²) in [6.07, 6.45) is 0.831. The fourth-order valence-electron chi connectivity index (χ4n) is 1.70. The van der Waals surface area contributed by atoms with Crippen LogP contribution >= 0.6 is 34.2 Å². The molecule has 1 aromatic carbocycles. The summed E-state index contributed by atoms with van der Waals surface area (Å²) < 4.78 is 2.85. The average Bonchev–Trinajstić information content (AvgIpc) is 2.70. The van der Waals surface area contributed by atoms with Crippen molar-refractivity contribution in [3.05, 3.63) is 50.3 Å². The molecule has 0 radical (unpaired) electrons. The molecule has 1 heterocycles. The third-order valence-electron chi connectivity index (χ3n) is 2.58. The summed E-state index contributed by atoms with van der Waals surface area (Å²) in [5, 5.41) is 14.9. The zero-order chi connectivity index (χ0) is 12.4. The minimum Gasteiger partial charge on any atom is -0.382 e. The van der Waals surface area contributed by atoms with Crippen LogP contribution in [0.25, 0.3) is 0 Å². The molecule has 1 aromatic heterocycles. The van der Waals surface area contributed by atoms with Gasteiger partial charge in [0.1, 0.15) is 6.10 Å². The summed E-state index contributed by atoms with van der Waals surface area (Å²) >= 11 is 8.28. The number of nitrogens with zero attached hydrogens (tertiary/aromatic N) is 2. The smallest absolute Gasteiger partial charge is 0.122 e. The highest BCUT2D eigenvalue weighted by molar-refractivity contribution is 14.1. The molecule has 0 saturated carbocycles. The number of aromatic nitrogens is 2. The lowest BCUT2D eigenvalue weighted by atomic mass is 10.1. The average molecular weight is 363 g/mol. The molecular weight excluding hydrogens is 351 g/mol. The van der Waals surface area contributed by atoms with Crippen molar-refractivity contribution < 1.29 is 5.11 Å².